The Labute approximate surface area is 130 Å². The van der Waals surface area contributed by atoms with E-state index in [1.54, 1.807) is 0 Å². The van der Waals surface area contributed by atoms with E-state index < -0.39 is 0 Å². The van der Waals surface area contributed by atoms with Crippen LogP contribution in [0.1, 0.15) is 43.0 Å². The molecule has 0 aromatic heterocycles. The second-order valence-corrected chi connectivity index (χ2v) is 5.11. The van der Waals surface area contributed by atoms with E-state index in [-0.39, 0.29) is 0 Å². The Kier molecular flexibility index (Phi) is 9.92. The zero-order valence-corrected chi connectivity index (χ0v) is 14.6. The average Bonchev–Trinajstić information content (AvgIpc) is 2.46. The Morgan fingerprint density at radius 2 is 1.45 bits per heavy atom. The first kappa shape index (κ1) is 18.8. The van der Waals surface area contributed by atoms with E-state index in [4.69, 9.17) is 0 Å². The first-order valence-corrected chi connectivity index (χ1v) is 7.79. The fourth-order valence-corrected chi connectivity index (χ4v) is 1.88. The summed E-state index contributed by atoms with van der Waals surface area (Å²) in [4.78, 5) is 1.07. The lowest BCUT2D eigenvalue weighted by Crippen LogP contribution is -1.78. The molecular formula is C19H28S. The number of hydrogen-bond donors (Lipinski definition) is 1. The normalized spacial score (nSPS) is 8.95. The van der Waals surface area contributed by atoms with Crippen molar-refractivity contribution in [2.45, 2.75) is 52.9 Å². The summed E-state index contributed by atoms with van der Waals surface area (Å²) in [5.74, 6) is 0. The van der Waals surface area contributed by atoms with E-state index in [0.717, 1.165) is 11.3 Å². The van der Waals surface area contributed by atoms with Gasteiger partial charge in [0.2, 0.25) is 0 Å². The van der Waals surface area contributed by atoms with Crippen LogP contribution in [0.4, 0.5) is 0 Å². The van der Waals surface area contributed by atoms with Crippen LogP contribution < -0.4 is 0 Å². The van der Waals surface area contributed by atoms with Crippen LogP contribution in [0.5, 0.6) is 0 Å². The molecule has 0 amide bonds. The topological polar surface area (TPSA) is 0 Å². The van der Waals surface area contributed by atoms with Crippen LogP contribution in [0, 0.1) is 20.8 Å². The summed E-state index contributed by atoms with van der Waals surface area (Å²) in [7, 11) is 0. The van der Waals surface area contributed by atoms with E-state index in [1.807, 2.05) is 19.9 Å². The Bertz CT molecular complexity index is 501. The van der Waals surface area contributed by atoms with Crippen molar-refractivity contribution in [1.82, 2.24) is 0 Å². The lowest BCUT2D eigenvalue weighted by atomic mass is 10.1. The minimum absolute atomic E-state index is 1.07. The smallest absolute Gasteiger partial charge is 0.00694 e. The molecule has 0 saturated heterocycles. The summed E-state index contributed by atoms with van der Waals surface area (Å²) in [5.41, 5.74) is 5.33. The predicted molar refractivity (Wildman–Crippen MR) is 95.1 cm³/mol. The maximum Gasteiger partial charge on any atom is 0.00694 e. The minimum atomic E-state index is 1.07. The highest BCUT2D eigenvalue weighted by molar-refractivity contribution is 7.80. The number of aryl methyl sites for hydroxylation is 4. The zero-order valence-electron chi connectivity index (χ0n) is 13.7. The average molecular weight is 289 g/mol. The maximum atomic E-state index is 4.25. The van der Waals surface area contributed by atoms with Gasteiger partial charge in [-0.25, -0.2) is 0 Å². The first-order valence-electron chi connectivity index (χ1n) is 7.34. The van der Waals surface area contributed by atoms with E-state index in [9.17, 15) is 0 Å². The molecule has 0 fully saturated rings. The van der Waals surface area contributed by atoms with Crippen LogP contribution in [-0.4, -0.2) is 0 Å². The highest BCUT2D eigenvalue weighted by Crippen LogP contribution is 2.13. The van der Waals surface area contributed by atoms with Crippen LogP contribution in [0.25, 0.3) is 0 Å². The maximum absolute atomic E-state index is 4.25. The summed E-state index contributed by atoms with van der Waals surface area (Å²) >= 11 is 4.25. The van der Waals surface area contributed by atoms with Gasteiger partial charge < -0.3 is 0 Å². The zero-order chi connectivity index (χ0) is 15.5. The molecule has 0 bridgehead atoms. The van der Waals surface area contributed by atoms with Gasteiger partial charge in [0, 0.05) is 4.90 Å². The molecule has 0 heterocycles. The van der Waals surface area contributed by atoms with Crippen molar-refractivity contribution in [2.75, 3.05) is 0 Å². The first-order chi connectivity index (χ1) is 9.52. The Morgan fingerprint density at radius 3 is 1.85 bits per heavy atom. The van der Waals surface area contributed by atoms with Crippen LogP contribution in [0.2, 0.25) is 0 Å². The van der Waals surface area contributed by atoms with Gasteiger partial charge in [-0.1, -0.05) is 68.3 Å². The molecule has 1 heteroatoms. The van der Waals surface area contributed by atoms with Crippen molar-refractivity contribution in [3.63, 3.8) is 0 Å². The molecule has 2 rings (SSSR count). The van der Waals surface area contributed by atoms with Crippen LogP contribution in [0.15, 0.2) is 47.4 Å². The Morgan fingerprint density at radius 1 is 0.850 bits per heavy atom. The number of benzene rings is 2. The third-order valence-corrected chi connectivity index (χ3v) is 3.34. The highest BCUT2D eigenvalue weighted by Gasteiger charge is 1.90. The highest BCUT2D eigenvalue weighted by atomic mass is 32.1. The molecule has 2 aromatic rings. The van der Waals surface area contributed by atoms with E-state index in [1.165, 1.54) is 22.3 Å². The molecule has 0 N–H and O–H groups in total. The van der Waals surface area contributed by atoms with Gasteiger partial charge in [-0.2, -0.15) is 0 Å². The van der Waals surface area contributed by atoms with Crippen molar-refractivity contribution < 1.29 is 0 Å². The van der Waals surface area contributed by atoms with Gasteiger partial charge in [0.1, 0.15) is 0 Å². The lowest BCUT2D eigenvalue weighted by Gasteiger charge is -1.97. The molecule has 0 spiro atoms. The fraction of sp³-hybridized carbons (Fsp3) is 0.368. The molecule has 0 aliphatic heterocycles. The van der Waals surface area contributed by atoms with Crippen molar-refractivity contribution in [3.05, 3.63) is 64.7 Å². The number of thiol groups is 1. The largest absolute Gasteiger partial charge is 0.143 e. The second kappa shape index (κ2) is 10.6. The van der Waals surface area contributed by atoms with Gasteiger partial charge in [0.05, 0.1) is 0 Å². The van der Waals surface area contributed by atoms with Gasteiger partial charge in [0.15, 0.2) is 0 Å². The summed E-state index contributed by atoms with van der Waals surface area (Å²) < 4.78 is 0. The summed E-state index contributed by atoms with van der Waals surface area (Å²) in [6.07, 6.45) is 1.14. The van der Waals surface area contributed by atoms with E-state index in [0.29, 0.717) is 0 Å². The number of rotatable bonds is 1. The number of hydrogen-bond acceptors (Lipinski definition) is 1. The molecule has 0 atom stereocenters. The SMILES string of the molecule is CC.CCc1cccc(C)c1.Cc1ccc(S)c(C)c1. The molecule has 0 aliphatic carbocycles. The molecular weight excluding hydrogens is 260 g/mol. The monoisotopic (exact) mass is 288 g/mol. The Balaban J connectivity index is 0.000000321. The molecule has 0 saturated carbocycles. The lowest BCUT2D eigenvalue weighted by molar-refractivity contribution is 1.13. The van der Waals surface area contributed by atoms with E-state index in [2.05, 4.69) is 76.7 Å². The molecule has 20 heavy (non-hydrogen) atoms. The van der Waals surface area contributed by atoms with Gasteiger partial charge in [0.25, 0.3) is 0 Å². The summed E-state index contributed by atoms with van der Waals surface area (Å²) in [5, 5.41) is 0. The van der Waals surface area contributed by atoms with Crippen molar-refractivity contribution in [1.29, 1.82) is 0 Å². The molecule has 0 nitrogen and oxygen atoms in total. The third kappa shape index (κ3) is 7.40. The van der Waals surface area contributed by atoms with Gasteiger partial charge in [-0.15, -0.1) is 12.6 Å². The molecule has 0 unspecified atom stereocenters. The van der Waals surface area contributed by atoms with Crippen molar-refractivity contribution >= 4 is 12.6 Å². The van der Waals surface area contributed by atoms with Crippen LogP contribution >= 0.6 is 12.6 Å². The standard InChI is InChI=1S/C9H12.C8H10S.C2H6/c1-3-9-6-4-5-8(2)7-9;1-6-3-4-8(9)7(2)5-6;1-2/h4-7H,3H2,1-2H3;3-5,9H,1-2H3;1-2H3. The molecule has 110 valence electrons. The summed E-state index contributed by atoms with van der Waals surface area (Å²) in [6.45, 7) is 12.4. The van der Waals surface area contributed by atoms with Gasteiger partial charge in [-0.05, 0) is 44.4 Å². The van der Waals surface area contributed by atoms with Crippen LogP contribution in [-0.2, 0) is 6.42 Å². The minimum Gasteiger partial charge on any atom is -0.143 e. The Hall–Kier alpha value is -1.21. The molecule has 0 radical (unpaired) electrons. The molecule has 0 aliphatic rings. The van der Waals surface area contributed by atoms with Gasteiger partial charge in [-0.3, -0.25) is 0 Å². The van der Waals surface area contributed by atoms with Crippen molar-refractivity contribution in [3.8, 4) is 0 Å². The predicted octanol–water partition coefficient (Wildman–Crippen LogP) is 6.18. The quantitative estimate of drug-likeness (QED) is 0.595. The molecule has 2 aromatic carbocycles. The van der Waals surface area contributed by atoms with E-state index >= 15 is 0 Å². The fourth-order valence-electron chi connectivity index (χ4n) is 1.74. The van der Waals surface area contributed by atoms with Crippen molar-refractivity contribution in [2.24, 2.45) is 0 Å². The third-order valence-electron chi connectivity index (χ3n) is 2.84. The second-order valence-electron chi connectivity index (χ2n) is 4.63. The van der Waals surface area contributed by atoms with Crippen LogP contribution in [0.3, 0.4) is 0 Å². The van der Waals surface area contributed by atoms with Gasteiger partial charge >= 0.3 is 0 Å². The summed E-state index contributed by atoms with van der Waals surface area (Å²) in [6, 6.07) is 14.8.